The molecule has 5 rings (SSSR count). The van der Waals surface area contributed by atoms with Crippen LogP contribution in [0.15, 0.2) is 77.7 Å². The maximum atomic E-state index is 13.3. The summed E-state index contributed by atoms with van der Waals surface area (Å²) in [5, 5.41) is 1.11. The van der Waals surface area contributed by atoms with Crippen molar-refractivity contribution in [3.05, 3.63) is 84.4 Å². The van der Waals surface area contributed by atoms with Gasteiger partial charge in [0, 0.05) is 42.4 Å². The van der Waals surface area contributed by atoms with E-state index in [1.807, 2.05) is 23.1 Å². The zero-order chi connectivity index (χ0) is 21.8. The Kier molecular flexibility index (Phi) is 5.81. The lowest BCUT2D eigenvalue weighted by molar-refractivity contribution is 0.0737. The predicted molar refractivity (Wildman–Crippen MR) is 119 cm³/mol. The van der Waals surface area contributed by atoms with Gasteiger partial charge in [0.2, 0.25) is 0 Å². The van der Waals surface area contributed by atoms with E-state index in [1.54, 1.807) is 49.0 Å². The molecule has 1 saturated heterocycles. The Morgan fingerprint density at radius 1 is 1.09 bits per heavy atom. The van der Waals surface area contributed by atoms with Gasteiger partial charge in [-0.15, -0.1) is 0 Å². The van der Waals surface area contributed by atoms with Crippen LogP contribution in [0.5, 0.6) is 11.8 Å². The van der Waals surface area contributed by atoms with E-state index in [4.69, 9.17) is 13.9 Å². The topological polar surface area (TPSA) is 77.7 Å². The predicted octanol–water partition coefficient (Wildman–Crippen LogP) is 4.35. The third-order valence-corrected chi connectivity index (χ3v) is 5.55. The SMILES string of the molecule is O=C(c1cccc(Oc2ncccn2)c1)N1CCOC[C@H](Cc2cccc3occc23)C1. The van der Waals surface area contributed by atoms with Gasteiger partial charge in [-0.05, 0) is 48.4 Å². The molecule has 0 spiro atoms. The van der Waals surface area contributed by atoms with Gasteiger partial charge in [0.1, 0.15) is 11.3 Å². The lowest BCUT2D eigenvalue weighted by Crippen LogP contribution is -2.36. The van der Waals surface area contributed by atoms with Crippen LogP contribution >= 0.6 is 0 Å². The maximum Gasteiger partial charge on any atom is 0.321 e. The number of carbonyl (C=O) groups excluding carboxylic acids is 1. The molecule has 1 fully saturated rings. The van der Waals surface area contributed by atoms with Gasteiger partial charge in [-0.25, -0.2) is 9.97 Å². The Labute approximate surface area is 185 Å². The molecule has 0 saturated carbocycles. The summed E-state index contributed by atoms with van der Waals surface area (Å²) in [6.07, 6.45) is 5.75. The first kappa shape index (κ1) is 20.2. The van der Waals surface area contributed by atoms with Crippen molar-refractivity contribution in [2.45, 2.75) is 6.42 Å². The number of carbonyl (C=O) groups is 1. The molecule has 2 aromatic carbocycles. The van der Waals surface area contributed by atoms with Gasteiger partial charge in [-0.3, -0.25) is 4.79 Å². The van der Waals surface area contributed by atoms with E-state index in [1.165, 1.54) is 5.56 Å². The second-order valence-corrected chi connectivity index (χ2v) is 7.81. The van der Waals surface area contributed by atoms with Crippen LogP contribution in [0.25, 0.3) is 11.0 Å². The highest BCUT2D eigenvalue weighted by atomic mass is 16.5. The van der Waals surface area contributed by atoms with Gasteiger partial charge < -0.3 is 18.8 Å². The quantitative estimate of drug-likeness (QED) is 0.470. The molecule has 7 nitrogen and oxygen atoms in total. The summed E-state index contributed by atoms with van der Waals surface area (Å²) >= 11 is 0. The van der Waals surface area contributed by atoms with Crippen LogP contribution in [0, 0.1) is 5.92 Å². The molecule has 0 aliphatic carbocycles. The number of amides is 1. The highest BCUT2D eigenvalue weighted by Crippen LogP contribution is 2.25. The summed E-state index contributed by atoms with van der Waals surface area (Å²) < 4.78 is 17.0. The smallest absolute Gasteiger partial charge is 0.321 e. The Balaban J connectivity index is 1.31. The molecule has 7 heteroatoms. The Morgan fingerprint density at radius 3 is 2.88 bits per heavy atom. The van der Waals surface area contributed by atoms with Gasteiger partial charge >= 0.3 is 6.01 Å². The van der Waals surface area contributed by atoms with Gasteiger partial charge in [-0.1, -0.05) is 18.2 Å². The molecule has 1 amide bonds. The van der Waals surface area contributed by atoms with E-state index in [0.717, 1.165) is 17.4 Å². The number of rotatable bonds is 5. The fourth-order valence-electron chi connectivity index (χ4n) is 4.05. The Bertz CT molecular complexity index is 1210. The lowest BCUT2D eigenvalue weighted by Gasteiger charge is -2.24. The van der Waals surface area contributed by atoms with Crippen LogP contribution in [0.4, 0.5) is 0 Å². The minimum atomic E-state index is -0.0403. The standard InChI is InChI=1S/C25H23N3O4/c29-24(20-5-1-6-21(15-20)32-25-26-9-3-10-27-25)28-11-13-30-17-18(16-28)14-19-4-2-7-23-22(19)8-12-31-23/h1-10,12,15,18H,11,13-14,16-17H2/t18-/m1/s1. The Morgan fingerprint density at radius 2 is 1.97 bits per heavy atom. The van der Waals surface area contributed by atoms with Crippen LogP contribution in [-0.2, 0) is 11.2 Å². The second-order valence-electron chi connectivity index (χ2n) is 7.81. The van der Waals surface area contributed by atoms with E-state index in [9.17, 15) is 4.79 Å². The molecule has 3 heterocycles. The first-order chi connectivity index (χ1) is 15.8. The average Bonchev–Trinajstić information content (AvgIpc) is 3.19. The molecule has 0 radical (unpaired) electrons. The first-order valence-electron chi connectivity index (χ1n) is 10.6. The van der Waals surface area contributed by atoms with E-state index in [2.05, 4.69) is 16.0 Å². The highest BCUT2D eigenvalue weighted by Gasteiger charge is 2.24. The summed E-state index contributed by atoms with van der Waals surface area (Å²) in [6, 6.07) is 17.2. The third kappa shape index (κ3) is 4.48. The first-order valence-corrected chi connectivity index (χ1v) is 10.6. The molecule has 0 N–H and O–H groups in total. The summed E-state index contributed by atoms with van der Waals surface area (Å²) in [7, 11) is 0. The number of hydrogen-bond acceptors (Lipinski definition) is 6. The molecule has 4 aromatic rings. The maximum absolute atomic E-state index is 13.3. The van der Waals surface area contributed by atoms with Crippen molar-refractivity contribution in [2.24, 2.45) is 5.92 Å². The molecule has 2 aromatic heterocycles. The van der Waals surface area contributed by atoms with E-state index < -0.39 is 0 Å². The molecule has 1 atom stereocenters. The number of aromatic nitrogens is 2. The van der Waals surface area contributed by atoms with Crippen LogP contribution in [-0.4, -0.2) is 47.1 Å². The molecule has 1 aliphatic rings. The fraction of sp³-hybridized carbons (Fsp3) is 0.240. The van der Waals surface area contributed by atoms with Crippen molar-refractivity contribution in [3.8, 4) is 11.8 Å². The van der Waals surface area contributed by atoms with Crippen molar-refractivity contribution >= 4 is 16.9 Å². The van der Waals surface area contributed by atoms with Gasteiger partial charge in [0.15, 0.2) is 0 Å². The number of hydrogen-bond donors (Lipinski definition) is 0. The fourth-order valence-corrected chi connectivity index (χ4v) is 4.05. The van der Waals surface area contributed by atoms with E-state index >= 15 is 0 Å². The summed E-state index contributed by atoms with van der Waals surface area (Å²) in [5.41, 5.74) is 2.65. The van der Waals surface area contributed by atoms with Crippen LogP contribution in [0.2, 0.25) is 0 Å². The van der Waals surface area contributed by atoms with Crippen molar-refractivity contribution in [3.63, 3.8) is 0 Å². The van der Waals surface area contributed by atoms with Crippen molar-refractivity contribution in [2.75, 3.05) is 26.3 Å². The minimum absolute atomic E-state index is 0.0403. The third-order valence-electron chi connectivity index (χ3n) is 5.55. The van der Waals surface area contributed by atoms with E-state index in [-0.39, 0.29) is 17.8 Å². The molecule has 1 aliphatic heterocycles. The molecular formula is C25H23N3O4. The Hall–Kier alpha value is -3.71. The van der Waals surface area contributed by atoms with Crippen molar-refractivity contribution in [1.82, 2.24) is 14.9 Å². The summed E-state index contributed by atoms with van der Waals surface area (Å²) in [5.74, 6) is 0.678. The number of benzene rings is 2. The van der Waals surface area contributed by atoms with Crippen LogP contribution in [0.3, 0.4) is 0 Å². The zero-order valence-electron chi connectivity index (χ0n) is 17.5. The normalized spacial score (nSPS) is 16.6. The number of ether oxygens (including phenoxy) is 2. The number of fused-ring (bicyclic) bond motifs is 1. The lowest BCUT2D eigenvalue weighted by atomic mass is 9.97. The molecule has 0 bridgehead atoms. The molecule has 32 heavy (non-hydrogen) atoms. The largest absolute Gasteiger partial charge is 0.464 e. The molecule has 162 valence electrons. The number of nitrogens with zero attached hydrogens (tertiary/aromatic N) is 3. The molecular weight excluding hydrogens is 406 g/mol. The number of furan rings is 1. The minimum Gasteiger partial charge on any atom is -0.464 e. The van der Waals surface area contributed by atoms with Crippen molar-refractivity contribution in [1.29, 1.82) is 0 Å². The summed E-state index contributed by atoms with van der Waals surface area (Å²) in [4.78, 5) is 23.3. The van der Waals surface area contributed by atoms with Gasteiger partial charge in [-0.2, -0.15) is 0 Å². The zero-order valence-corrected chi connectivity index (χ0v) is 17.5. The van der Waals surface area contributed by atoms with Crippen LogP contribution < -0.4 is 4.74 Å². The average molecular weight is 429 g/mol. The van der Waals surface area contributed by atoms with Gasteiger partial charge in [0.05, 0.1) is 19.5 Å². The van der Waals surface area contributed by atoms with Gasteiger partial charge in [0.25, 0.3) is 5.91 Å². The van der Waals surface area contributed by atoms with E-state index in [0.29, 0.717) is 37.6 Å². The second kappa shape index (κ2) is 9.20. The highest BCUT2D eigenvalue weighted by molar-refractivity contribution is 5.94. The van der Waals surface area contributed by atoms with Crippen molar-refractivity contribution < 1.29 is 18.7 Å². The monoisotopic (exact) mass is 429 g/mol. The molecule has 0 unspecified atom stereocenters. The van der Waals surface area contributed by atoms with Crippen LogP contribution in [0.1, 0.15) is 15.9 Å². The summed E-state index contributed by atoms with van der Waals surface area (Å²) in [6.45, 7) is 2.32.